The van der Waals surface area contributed by atoms with Gasteiger partial charge >= 0.3 is 0 Å². The lowest BCUT2D eigenvalue weighted by Gasteiger charge is -2.27. The lowest BCUT2D eigenvalue weighted by Crippen LogP contribution is -2.42. The van der Waals surface area contributed by atoms with Crippen molar-refractivity contribution in [2.24, 2.45) is 11.1 Å². The number of hydrogen-bond acceptors (Lipinski definition) is 2. The number of rotatable bonds is 6. The van der Waals surface area contributed by atoms with Crippen molar-refractivity contribution < 1.29 is 14.0 Å². The third-order valence-corrected chi connectivity index (χ3v) is 6.37. The minimum Gasteiger partial charge on any atom is -0.369 e. The number of nitrogens with zero attached hydrogens (tertiary/aromatic N) is 1. The Morgan fingerprint density at radius 1 is 1.03 bits per heavy atom. The van der Waals surface area contributed by atoms with Gasteiger partial charge in [-0.1, -0.05) is 66.2 Å². The quantitative estimate of drug-likeness (QED) is 0.634. The van der Waals surface area contributed by atoms with E-state index in [1.54, 1.807) is 17.0 Å². The molecule has 0 spiro atoms. The van der Waals surface area contributed by atoms with Crippen molar-refractivity contribution in [2.45, 2.75) is 26.2 Å². The van der Waals surface area contributed by atoms with Gasteiger partial charge in [-0.3, -0.25) is 9.59 Å². The van der Waals surface area contributed by atoms with Crippen molar-refractivity contribution in [1.29, 1.82) is 0 Å². The summed E-state index contributed by atoms with van der Waals surface area (Å²) >= 11 is 0. The van der Waals surface area contributed by atoms with Crippen LogP contribution in [0.4, 0.5) is 4.39 Å². The first-order valence-corrected chi connectivity index (χ1v) is 10.8. The second kappa shape index (κ2) is 8.95. The van der Waals surface area contributed by atoms with Gasteiger partial charge in [-0.25, -0.2) is 4.39 Å². The third kappa shape index (κ3) is 4.57. The van der Waals surface area contributed by atoms with Crippen molar-refractivity contribution in [3.8, 4) is 11.1 Å². The number of nitrogens with two attached hydrogens (primary N) is 1. The maximum Gasteiger partial charge on any atom is 0.227 e. The minimum atomic E-state index is -0.807. The Labute approximate surface area is 187 Å². The molecule has 1 aliphatic rings. The molecule has 5 heteroatoms. The van der Waals surface area contributed by atoms with E-state index in [4.69, 9.17) is 5.73 Å². The Morgan fingerprint density at radius 3 is 2.50 bits per heavy atom. The Kier molecular flexibility index (Phi) is 6.08. The molecule has 1 saturated heterocycles. The predicted molar refractivity (Wildman–Crippen MR) is 123 cm³/mol. The van der Waals surface area contributed by atoms with Gasteiger partial charge in [0.05, 0.1) is 11.8 Å². The van der Waals surface area contributed by atoms with Crippen LogP contribution in [0.2, 0.25) is 0 Å². The van der Waals surface area contributed by atoms with E-state index in [0.29, 0.717) is 25.9 Å². The Bertz CT molecular complexity index is 1140. The van der Waals surface area contributed by atoms with Crippen LogP contribution in [0.25, 0.3) is 11.1 Å². The maximum absolute atomic E-state index is 13.2. The van der Waals surface area contributed by atoms with Crippen molar-refractivity contribution in [2.75, 3.05) is 13.1 Å². The van der Waals surface area contributed by atoms with Crippen molar-refractivity contribution >= 4 is 11.8 Å². The van der Waals surface area contributed by atoms with Gasteiger partial charge in [-0.05, 0) is 54.2 Å². The average molecular weight is 431 g/mol. The highest BCUT2D eigenvalue weighted by Gasteiger charge is 2.45. The van der Waals surface area contributed by atoms with E-state index in [-0.39, 0.29) is 24.1 Å². The summed E-state index contributed by atoms with van der Waals surface area (Å²) in [4.78, 5) is 27.2. The molecule has 2 amide bonds. The molecule has 0 unspecified atom stereocenters. The number of benzene rings is 3. The van der Waals surface area contributed by atoms with Gasteiger partial charge in [0.25, 0.3) is 0 Å². The van der Waals surface area contributed by atoms with Crippen LogP contribution < -0.4 is 5.73 Å². The monoisotopic (exact) mass is 430 g/mol. The predicted octanol–water partition coefficient (Wildman–Crippen LogP) is 4.29. The number of aryl methyl sites for hydroxylation is 1. The summed E-state index contributed by atoms with van der Waals surface area (Å²) < 4.78 is 13.2. The number of carbonyl (C=O) groups excluding carboxylic acids is 2. The number of likely N-dealkylation sites (tertiary alicyclic amines) is 1. The van der Waals surface area contributed by atoms with E-state index in [1.807, 2.05) is 24.3 Å². The molecule has 1 heterocycles. The van der Waals surface area contributed by atoms with Gasteiger partial charge in [-0.2, -0.15) is 0 Å². The molecule has 0 bridgehead atoms. The van der Waals surface area contributed by atoms with Crippen molar-refractivity contribution in [1.82, 2.24) is 4.90 Å². The molecule has 4 nitrogen and oxygen atoms in total. The Hall–Kier alpha value is -3.47. The zero-order valence-corrected chi connectivity index (χ0v) is 18.2. The number of carbonyl (C=O) groups is 2. The van der Waals surface area contributed by atoms with Gasteiger partial charge in [0.1, 0.15) is 5.82 Å². The molecule has 2 N–H and O–H groups in total. The second-order valence-corrected chi connectivity index (χ2v) is 8.72. The molecule has 0 aromatic heterocycles. The highest BCUT2D eigenvalue weighted by atomic mass is 19.1. The average Bonchev–Trinajstić information content (AvgIpc) is 3.21. The Morgan fingerprint density at radius 2 is 1.78 bits per heavy atom. The summed E-state index contributed by atoms with van der Waals surface area (Å²) in [6.07, 6.45) is 1.18. The summed E-state index contributed by atoms with van der Waals surface area (Å²) in [7, 11) is 0. The van der Waals surface area contributed by atoms with E-state index in [0.717, 1.165) is 22.3 Å². The van der Waals surface area contributed by atoms with Crippen LogP contribution in [-0.4, -0.2) is 29.8 Å². The maximum atomic E-state index is 13.2. The van der Waals surface area contributed by atoms with E-state index in [9.17, 15) is 14.0 Å². The normalized spacial score (nSPS) is 18.0. The smallest absolute Gasteiger partial charge is 0.227 e. The van der Waals surface area contributed by atoms with Crippen LogP contribution in [0, 0.1) is 18.2 Å². The van der Waals surface area contributed by atoms with Gasteiger partial charge in [-0.15, -0.1) is 0 Å². The molecule has 1 fully saturated rings. The van der Waals surface area contributed by atoms with Crippen LogP contribution in [0.15, 0.2) is 72.8 Å². The first kappa shape index (κ1) is 21.8. The Balaban J connectivity index is 1.55. The number of primary amides is 1. The van der Waals surface area contributed by atoms with Crippen LogP contribution in [0.3, 0.4) is 0 Å². The van der Waals surface area contributed by atoms with Crippen LogP contribution in [-0.2, 0) is 22.4 Å². The molecule has 0 radical (unpaired) electrons. The third-order valence-electron chi connectivity index (χ3n) is 6.37. The van der Waals surface area contributed by atoms with Gasteiger partial charge in [0.15, 0.2) is 0 Å². The molecule has 32 heavy (non-hydrogen) atoms. The fourth-order valence-electron chi connectivity index (χ4n) is 4.54. The molecule has 1 atom stereocenters. The van der Waals surface area contributed by atoms with E-state index < -0.39 is 5.41 Å². The van der Waals surface area contributed by atoms with Crippen LogP contribution in [0.5, 0.6) is 0 Å². The number of amides is 2. The van der Waals surface area contributed by atoms with Crippen LogP contribution >= 0.6 is 0 Å². The fraction of sp³-hybridized carbons (Fsp3) is 0.259. The summed E-state index contributed by atoms with van der Waals surface area (Å²) in [6.45, 7) is 2.83. The fourth-order valence-corrected chi connectivity index (χ4v) is 4.54. The van der Waals surface area contributed by atoms with Gasteiger partial charge in [0, 0.05) is 13.1 Å². The molecular formula is C27H27FN2O2. The lowest BCUT2D eigenvalue weighted by molar-refractivity contribution is -0.131. The largest absolute Gasteiger partial charge is 0.369 e. The first-order valence-electron chi connectivity index (χ1n) is 10.8. The van der Waals surface area contributed by atoms with E-state index in [1.165, 1.54) is 17.7 Å². The second-order valence-electron chi connectivity index (χ2n) is 8.72. The van der Waals surface area contributed by atoms with Crippen LogP contribution in [0.1, 0.15) is 23.1 Å². The van der Waals surface area contributed by atoms with Gasteiger partial charge in [0.2, 0.25) is 11.8 Å². The summed E-state index contributed by atoms with van der Waals surface area (Å²) in [5.74, 6) is -0.789. The molecule has 0 aliphatic carbocycles. The molecule has 1 aliphatic heterocycles. The molecular weight excluding hydrogens is 403 g/mol. The zero-order valence-electron chi connectivity index (χ0n) is 18.2. The minimum absolute atomic E-state index is 0.0771. The van der Waals surface area contributed by atoms with E-state index in [2.05, 4.69) is 31.2 Å². The summed E-state index contributed by atoms with van der Waals surface area (Å²) in [5, 5.41) is 0. The molecule has 0 saturated carbocycles. The summed E-state index contributed by atoms with van der Waals surface area (Å²) in [6, 6.07) is 22.3. The van der Waals surface area contributed by atoms with E-state index >= 15 is 0 Å². The highest BCUT2D eigenvalue weighted by molar-refractivity contribution is 5.85. The number of halogens is 1. The molecule has 4 rings (SSSR count). The molecule has 164 valence electrons. The number of hydrogen-bond donors (Lipinski definition) is 1. The highest BCUT2D eigenvalue weighted by Crippen LogP contribution is 2.37. The summed E-state index contributed by atoms with van der Waals surface area (Å²) in [5.41, 5.74) is 10.2. The standard InChI is InChI=1S/C27H27FN2O2/c1-19-5-4-7-21(15-19)24-8-3-2-6-22(24)17-27(26(29)32)13-14-30(18-27)25(31)16-20-9-11-23(28)12-10-20/h2-12,15H,13-14,16-18H2,1H3,(H2,29,32)/t27-/m1/s1. The SMILES string of the molecule is Cc1cccc(-c2ccccc2C[C@]2(C(N)=O)CCN(C(=O)Cc3ccc(F)cc3)C2)c1. The zero-order chi connectivity index (χ0) is 22.7. The van der Waals surface area contributed by atoms with Crippen molar-refractivity contribution in [3.63, 3.8) is 0 Å². The van der Waals surface area contributed by atoms with Crippen molar-refractivity contribution in [3.05, 3.63) is 95.3 Å². The lowest BCUT2D eigenvalue weighted by atomic mass is 9.78. The molecule has 3 aromatic carbocycles. The topological polar surface area (TPSA) is 63.4 Å². The van der Waals surface area contributed by atoms with Gasteiger partial charge < -0.3 is 10.6 Å². The molecule has 3 aromatic rings. The first-order chi connectivity index (χ1) is 15.4.